The van der Waals surface area contributed by atoms with Crippen LogP contribution in [0.2, 0.25) is 0 Å². The molecule has 110 valence electrons. The van der Waals surface area contributed by atoms with Crippen LogP contribution < -0.4 is 5.32 Å². The summed E-state index contributed by atoms with van der Waals surface area (Å²) in [5, 5.41) is 14.7. The van der Waals surface area contributed by atoms with Crippen molar-refractivity contribution in [2.24, 2.45) is 0 Å². The van der Waals surface area contributed by atoms with Gasteiger partial charge in [0.1, 0.15) is 0 Å². The van der Waals surface area contributed by atoms with Gasteiger partial charge in [0, 0.05) is 5.56 Å². The lowest BCUT2D eigenvalue weighted by Crippen LogP contribution is -2.30. The number of benzene rings is 3. The molecule has 0 saturated carbocycles. The second-order valence-corrected chi connectivity index (χ2v) is 5.18. The van der Waals surface area contributed by atoms with Crippen LogP contribution in [-0.2, 0) is 0 Å². The Hall–Kier alpha value is -2.65. The van der Waals surface area contributed by atoms with Crippen LogP contribution in [0.3, 0.4) is 0 Å². The molecule has 0 radical (unpaired) electrons. The molecule has 1 unspecified atom stereocenters. The fourth-order valence-corrected chi connectivity index (χ4v) is 2.49. The van der Waals surface area contributed by atoms with Gasteiger partial charge in [-0.1, -0.05) is 54.6 Å². The maximum Gasteiger partial charge on any atom is 0.251 e. The number of hydrogen-bond donors (Lipinski definition) is 2. The first-order valence-electron chi connectivity index (χ1n) is 7.23. The molecule has 3 rings (SSSR count). The summed E-state index contributed by atoms with van der Waals surface area (Å²) in [4.78, 5) is 12.2. The number of carbonyl (C=O) groups excluding carboxylic acids is 1. The van der Waals surface area contributed by atoms with Gasteiger partial charge in [0.2, 0.25) is 0 Å². The van der Waals surface area contributed by atoms with Crippen molar-refractivity contribution < 1.29 is 9.90 Å². The van der Waals surface area contributed by atoms with Crippen LogP contribution in [0, 0.1) is 0 Å². The molecule has 3 aromatic carbocycles. The number of nitrogens with one attached hydrogen (secondary N) is 1. The number of carbonyl (C=O) groups is 1. The largest absolute Gasteiger partial charge is 0.394 e. The maximum absolute atomic E-state index is 12.2. The van der Waals surface area contributed by atoms with E-state index in [0.717, 1.165) is 16.3 Å². The third kappa shape index (κ3) is 3.00. The van der Waals surface area contributed by atoms with E-state index in [1.165, 1.54) is 0 Å². The van der Waals surface area contributed by atoms with Gasteiger partial charge in [-0.3, -0.25) is 4.79 Å². The van der Waals surface area contributed by atoms with Gasteiger partial charge in [-0.2, -0.15) is 0 Å². The number of hydrogen-bond acceptors (Lipinski definition) is 2. The van der Waals surface area contributed by atoms with Gasteiger partial charge in [-0.05, 0) is 34.5 Å². The Morgan fingerprint density at radius 3 is 2.32 bits per heavy atom. The van der Waals surface area contributed by atoms with Gasteiger partial charge in [0.25, 0.3) is 5.91 Å². The van der Waals surface area contributed by atoms with Crippen LogP contribution >= 0.6 is 0 Å². The lowest BCUT2D eigenvalue weighted by Gasteiger charge is -2.17. The molecule has 0 fully saturated rings. The Labute approximate surface area is 129 Å². The molecule has 3 nitrogen and oxygen atoms in total. The summed E-state index contributed by atoms with van der Waals surface area (Å²) >= 11 is 0. The topological polar surface area (TPSA) is 49.3 Å². The molecule has 1 atom stereocenters. The summed E-state index contributed by atoms with van der Waals surface area (Å²) < 4.78 is 0. The molecule has 22 heavy (non-hydrogen) atoms. The molecule has 0 aliphatic heterocycles. The second-order valence-electron chi connectivity index (χ2n) is 5.18. The van der Waals surface area contributed by atoms with E-state index in [-0.39, 0.29) is 12.5 Å². The highest BCUT2D eigenvalue weighted by molar-refractivity contribution is 5.94. The Morgan fingerprint density at radius 1 is 0.909 bits per heavy atom. The minimum Gasteiger partial charge on any atom is -0.394 e. The summed E-state index contributed by atoms with van der Waals surface area (Å²) in [5.41, 5.74) is 1.48. The predicted molar refractivity (Wildman–Crippen MR) is 87.7 cm³/mol. The molecule has 0 saturated heterocycles. The number of aliphatic hydroxyl groups is 1. The molecule has 0 spiro atoms. The Bertz CT molecular complexity index is 784. The highest BCUT2D eigenvalue weighted by Crippen LogP contribution is 2.20. The normalized spacial score (nSPS) is 12.0. The van der Waals surface area contributed by atoms with Crippen molar-refractivity contribution >= 4 is 16.7 Å². The standard InChI is InChI=1S/C19H17NO2/c21-13-18(20-19(22)15-7-2-1-3-8-15)17-11-10-14-6-4-5-9-16(14)12-17/h1-12,18,21H,13H2,(H,20,22). The number of fused-ring (bicyclic) bond motifs is 1. The Balaban J connectivity index is 1.85. The second kappa shape index (κ2) is 6.41. The first-order valence-corrected chi connectivity index (χ1v) is 7.23. The minimum absolute atomic E-state index is 0.142. The molecule has 1 amide bonds. The minimum atomic E-state index is -0.419. The molecule has 0 aromatic heterocycles. The zero-order valence-corrected chi connectivity index (χ0v) is 12.1. The van der Waals surface area contributed by atoms with E-state index in [1.807, 2.05) is 60.7 Å². The molecular formula is C19H17NO2. The SMILES string of the molecule is O=C(NC(CO)c1ccc2ccccc2c1)c1ccccc1. The van der Waals surface area contributed by atoms with Crippen molar-refractivity contribution in [3.63, 3.8) is 0 Å². The zero-order chi connectivity index (χ0) is 15.4. The number of rotatable bonds is 4. The smallest absolute Gasteiger partial charge is 0.251 e. The van der Waals surface area contributed by atoms with Crippen LogP contribution in [0.15, 0.2) is 72.8 Å². The molecule has 0 aliphatic carbocycles. The molecule has 3 heteroatoms. The number of amides is 1. The van der Waals surface area contributed by atoms with Gasteiger partial charge in [0.15, 0.2) is 0 Å². The van der Waals surface area contributed by atoms with Gasteiger partial charge in [-0.15, -0.1) is 0 Å². The third-order valence-electron chi connectivity index (χ3n) is 3.70. The fourth-order valence-electron chi connectivity index (χ4n) is 2.49. The van der Waals surface area contributed by atoms with Crippen LogP contribution in [0.5, 0.6) is 0 Å². The van der Waals surface area contributed by atoms with Crippen molar-refractivity contribution in [2.75, 3.05) is 6.61 Å². The van der Waals surface area contributed by atoms with E-state index >= 15 is 0 Å². The average molecular weight is 291 g/mol. The third-order valence-corrected chi connectivity index (χ3v) is 3.70. The van der Waals surface area contributed by atoms with Crippen molar-refractivity contribution in [3.05, 3.63) is 83.9 Å². The summed E-state index contributed by atoms with van der Waals surface area (Å²) in [6, 6.07) is 22.6. The van der Waals surface area contributed by atoms with Crippen molar-refractivity contribution in [2.45, 2.75) is 6.04 Å². The van der Waals surface area contributed by atoms with Crippen molar-refractivity contribution in [1.82, 2.24) is 5.32 Å². The monoisotopic (exact) mass is 291 g/mol. The Morgan fingerprint density at radius 2 is 1.59 bits per heavy atom. The summed E-state index contributed by atoms with van der Waals surface area (Å²) in [6.45, 7) is -0.142. The predicted octanol–water partition coefficient (Wildman–Crippen LogP) is 3.30. The average Bonchev–Trinajstić information content (AvgIpc) is 2.59. The molecule has 0 heterocycles. The van der Waals surface area contributed by atoms with E-state index in [0.29, 0.717) is 5.56 Å². The van der Waals surface area contributed by atoms with Crippen molar-refractivity contribution in [1.29, 1.82) is 0 Å². The summed E-state index contributed by atoms with van der Waals surface area (Å²) in [7, 11) is 0. The first kappa shape index (κ1) is 14.3. The van der Waals surface area contributed by atoms with Crippen LogP contribution in [0.1, 0.15) is 22.0 Å². The molecule has 0 aliphatic rings. The summed E-state index contributed by atoms with van der Waals surface area (Å²) in [6.07, 6.45) is 0. The summed E-state index contributed by atoms with van der Waals surface area (Å²) in [5.74, 6) is -0.187. The van der Waals surface area contributed by atoms with E-state index in [1.54, 1.807) is 12.1 Å². The molecular weight excluding hydrogens is 274 g/mol. The van der Waals surface area contributed by atoms with Gasteiger partial charge in [0.05, 0.1) is 12.6 Å². The van der Waals surface area contributed by atoms with Crippen LogP contribution in [-0.4, -0.2) is 17.6 Å². The molecule has 3 aromatic rings. The van der Waals surface area contributed by atoms with E-state index < -0.39 is 6.04 Å². The highest BCUT2D eigenvalue weighted by Gasteiger charge is 2.15. The fraction of sp³-hybridized carbons (Fsp3) is 0.105. The van der Waals surface area contributed by atoms with Gasteiger partial charge >= 0.3 is 0 Å². The van der Waals surface area contributed by atoms with E-state index in [4.69, 9.17) is 0 Å². The van der Waals surface area contributed by atoms with Gasteiger partial charge in [-0.25, -0.2) is 0 Å². The van der Waals surface area contributed by atoms with E-state index in [9.17, 15) is 9.90 Å². The van der Waals surface area contributed by atoms with Crippen LogP contribution in [0.25, 0.3) is 10.8 Å². The lowest BCUT2D eigenvalue weighted by atomic mass is 10.0. The quantitative estimate of drug-likeness (QED) is 0.775. The Kier molecular flexibility index (Phi) is 4.17. The van der Waals surface area contributed by atoms with Gasteiger partial charge < -0.3 is 10.4 Å². The zero-order valence-electron chi connectivity index (χ0n) is 12.1. The molecule has 2 N–H and O–H groups in total. The van der Waals surface area contributed by atoms with Crippen molar-refractivity contribution in [3.8, 4) is 0 Å². The lowest BCUT2D eigenvalue weighted by molar-refractivity contribution is 0.0916. The first-order chi connectivity index (χ1) is 10.8. The van der Waals surface area contributed by atoms with Crippen LogP contribution in [0.4, 0.5) is 0 Å². The highest BCUT2D eigenvalue weighted by atomic mass is 16.3. The number of aliphatic hydroxyl groups excluding tert-OH is 1. The maximum atomic E-state index is 12.2. The van der Waals surface area contributed by atoms with E-state index in [2.05, 4.69) is 5.32 Å². The molecule has 0 bridgehead atoms.